The monoisotopic (exact) mass is 152 g/mol. The minimum Gasteiger partial charge on any atom is -0.401 e. The fourth-order valence-corrected chi connectivity index (χ4v) is 0.400. The zero-order valence-corrected chi connectivity index (χ0v) is 7.46. The Balaban J connectivity index is 3.95. The first-order valence-electron chi connectivity index (χ1n) is 3.68. The van der Waals surface area contributed by atoms with Crippen molar-refractivity contribution in [3.05, 3.63) is 24.0 Å². The van der Waals surface area contributed by atoms with Gasteiger partial charge in [0.05, 0.1) is 0 Å². The lowest BCUT2D eigenvalue weighted by Crippen LogP contribution is -1.93. The molecule has 0 unspecified atom stereocenters. The van der Waals surface area contributed by atoms with E-state index < -0.39 is 0 Å². The van der Waals surface area contributed by atoms with Gasteiger partial charge in [-0.05, 0) is 18.4 Å². The van der Waals surface area contributed by atoms with E-state index in [4.69, 9.17) is 5.73 Å². The van der Waals surface area contributed by atoms with Gasteiger partial charge in [-0.2, -0.15) is 0 Å². The van der Waals surface area contributed by atoms with E-state index in [1.165, 1.54) is 0 Å². The lowest BCUT2D eigenvalue weighted by molar-refractivity contribution is 0.810. The molecule has 0 atom stereocenters. The molecular formula is C9H16N2. The van der Waals surface area contributed by atoms with E-state index in [9.17, 15) is 0 Å². The minimum atomic E-state index is 0.449. The molecule has 0 aromatic heterocycles. The van der Waals surface area contributed by atoms with Crippen LogP contribution in [-0.4, -0.2) is 6.21 Å². The average molecular weight is 152 g/mol. The summed E-state index contributed by atoms with van der Waals surface area (Å²) in [7, 11) is 0. The van der Waals surface area contributed by atoms with Gasteiger partial charge >= 0.3 is 0 Å². The number of aliphatic imine (C=N–C) groups is 1. The summed E-state index contributed by atoms with van der Waals surface area (Å²) in [4.78, 5) is 3.98. The number of nitrogens with zero attached hydrogens (tertiary/aromatic N) is 1. The third kappa shape index (κ3) is 5.40. The third-order valence-electron chi connectivity index (χ3n) is 1.26. The molecule has 0 rings (SSSR count). The van der Waals surface area contributed by atoms with Gasteiger partial charge in [-0.1, -0.05) is 20.4 Å². The maximum Gasteiger partial charge on any atom is 0.0452 e. The van der Waals surface area contributed by atoms with Crippen molar-refractivity contribution in [2.75, 3.05) is 0 Å². The van der Waals surface area contributed by atoms with Gasteiger partial charge in [-0.25, -0.2) is 0 Å². The third-order valence-corrected chi connectivity index (χ3v) is 1.26. The zero-order chi connectivity index (χ0) is 8.85. The van der Waals surface area contributed by atoms with Crippen LogP contribution in [0.3, 0.4) is 0 Å². The molecule has 2 N–H and O–H groups in total. The summed E-state index contributed by atoms with van der Waals surface area (Å²) in [5.41, 5.74) is 7.09. The highest BCUT2D eigenvalue weighted by Crippen LogP contribution is 2.02. The van der Waals surface area contributed by atoms with Crippen molar-refractivity contribution in [3.8, 4) is 0 Å². The van der Waals surface area contributed by atoms with Crippen molar-refractivity contribution in [2.45, 2.75) is 20.8 Å². The lowest BCUT2D eigenvalue weighted by Gasteiger charge is -2.00. The summed E-state index contributed by atoms with van der Waals surface area (Å²) in [6, 6.07) is 0. The van der Waals surface area contributed by atoms with Crippen LogP contribution in [0.25, 0.3) is 0 Å². The van der Waals surface area contributed by atoms with Crippen LogP contribution in [0.15, 0.2) is 29.0 Å². The second-order valence-corrected chi connectivity index (χ2v) is 2.88. The van der Waals surface area contributed by atoms with Crippen molar-refractivity contribution in [2.24, 2.45) is 16.6 Å². The van der Waals surface area contributed by atoms with E-state index >= 15 is 0 Å². The molecule has 0 fully saturated rings. The smallest absolute Gasteiger partial charge is 0.0452 e. The lowest BCUT2D eigenvalue weighted by atomic mass is 10.1. The number of hydrogen-bond acceptors (Lipinski definition) is 2. The first kappa shape index (κ1) is 9.95. The van der Waals surface area contributed by atoms with Crippen molar-refractivity contribution in [1.82, 2.24) is 0 Å². The molecule has 0 bridgehead atoms. The molecule has 0 aromatic carbocycles. The van der Waals surface area contributed by atoms with E-state index in [1.807, 2.05) is 0 Å². The number of nitrogens with two attached hydrogens (primary N) is 1. The number of allylic oxidation sites excluding steroid dienone is 2. The Bertz CT molecular complexity index is 184. The van der Waals surface area contributed by atoms with Crippen LogP contribution in [0.1, 0.15) is 20.8 Å². The van der Waals surface area contributed by atoms with Crippen molar-refractivity contribution in [3.63, 3.8) is 0 Å². The second-order valence-electron chi connectivity index (χ2n) is 2.88. The molecule has 0 aliphatic heterocycles. The Morgan fingerprint density at radius 1 is 1.55 bits per heavy atom. The van der Waals surface area contributed by atoms with Crippen LogP contribution in [0.2, 0.25) is 0 Å². The molecule has 0 spiro atoms. The highest BCUT2D eigenvalue weighted by molar-refractivity contribution is 5.78. The van der Waals surface area contributed by atoms with E-state index in [1.54, 1.807) is 19.3 Å². The standard InChI is InChI=1S/C9H16N2/c1-7(2)8(3)5-11-6-9(4)10/h5-7H,3,10H2,1-2,4H3/b9-6-,11-5-. The van der Waals surface area contributed by atoms with E-state index in [2.05, 4.69) is 25.4 Å². The van der Waals surface area contributed by atoms with Gasteiger partial charge in [0.1, 0.15) is 0 Å². The van der Waals surface area contributed by atoms with Gasteiger partial charge in [-0.15, -0.1) is 0 Å². The molecule has 0 aliphatic rings. The molecule has 0 aliphatic carbocycles. The summed E-state index contributed by atoms with van der Waals surface area (Å²) in [5.74, 6) is 0.449. The van der Waals surface area contributed by atoms with Crippen molar-refractivity contribution in [1.29, 1.82) is 0 Å². The quantitative estimate of drug-likeness (QED) is 0.618. The Labute approximate surface area is 68.5 Å². The Morgan fingerprint density at radius 2 is 2.09 bits per heavy atom. The van der Waals surface area contributed by atoms with E-state index in [-0.39, 0.29) is 0 Å². The first-order chi connectivity index (χ1) is 5.04. The van der Waals surface area contributed by atoms with Gasteiger partial charge in [0.25, 0.3) is 0 Å². The molecule has 0 aromatic rings. The predicted molar refractivity (Wildman–Crippen MR) is 50.4 cm³/mol. The minimum absolute atomic E-state index is 0.449. The molecule has 0 saturated heterocycles. The Morgan fingerprint density at radius 3 is 2.45 bits per heavy atom. The van der Waals surface area contributed by atoms with Gasteiger partial charge in [0, 0.05) is 18.1 Å². The molecular weight excluding hydrogens is 136 g/mol. The van der Waals surface area contributed by atoms with Gasteiger partial charge in [0.2, 0.25) is 0 Å². The summed E-state index contributed by atoms with van der Waals surface area (Å²) in [5, 5.41) is 0. The summed E-state index contributed by atoms with van der Waals surface area (Å²) >= 11 is 0. The van der Waals surface area contributed by atoms with Crippen LogP contribution in [0, 0.1) is 5.92 Å². The van der Waals surface area contributed by atoms with Gasteiger partial charge < -0.3 is 5.73 Å². The highest BCUT2D eigenvalue weighted by Gasteiger charge is 1.93. The Kier molecular flexibility index (Phi) is 4.27. The van der Waals surface area contributed by atoms with Crippen LogP contribution in [0.4, 0.5) is 0 Å². The maximum atomic E-state index is 5.37. The molecule has 2 heteroatoms. The van der Waals surface area contributed by atoms with E-state index in [0.29, 0.717) is 11.6 Å². The van der Waals surface area contributed by atoms with Crippen molar-refractivity contribution < 1.29 is 0 Å². The summed E-state index contributed by atoms with van der Waals surface area (Å²) < 4.78 is 0. The molecule has 11 heavy (non-hydrogen) atoms. The second kappa shape index (κ2) is 4.72. The first-order valence-corrected chi connectivity index (χ1v) is 3.68. The number of hydrogen-bond donors (Lipinski definition) is 1. The van der Waals surface area contributed by atoms with E-state index in [0.717, 1.165) is 5.57 Å². The fourth-order valence-electron chi connectivity index (χ4n) is 0.400. The summed E-state index contributed by atoms with van der Waals surface area (Å²) in [6.07, 6.45) is 3.36. The van der Waals surface area contributed by atoms with Crippen LogP contribution in [0.5, 0.6) is 0 Å². The topological polar surface area (TPSA) is 38.4 Å². The molecule has 62 valence electrons. The van der Waals surface area contributed by atoms with Crippen LogP contribution >= 0.6 is 0 Å². The average Bonchev–Trinajstić information content (AvgIpc) is 1.86. The number of rotatable bonds is 3. The van der Waals surface area contributed by atoms with Crippen LogP contribution < -0.4 is 5.73 Å². The largest absolute Gasteiger partial charge is 0.401 e. The van der Waals surface area contributed by atoms with Gasteiger partial charge in [0.15, 0.2) is 0 Å². The molecule has 0 heterocycles. The van der Waals surface area contributed by atoms with Gasteiger partial charge in [-0.3, -0.25) is 4.99 Å². The molecule has 0 saturated carbocycles. The highest BCUT2D eigenvalue weighted by atomic mass is 14.7. The fraction of sp³-hybridized carbons (Fsp3) is 0.444. The maximum absolute atomic E-state index is 5.37. The molecule has 0 radical (unpaired) electrons. The zero-order valence-electron chi connectivity index (χ0n) is 7.46. The normalized spacial score (nSPS) is 12.9. The molecule has 0 amide bonds. The van der Waals surface area contributed by atoms with Crippen molar-refractivity contribution >= 4 is 6.21 Å². The molecule has 2 nitrogen and oxygen atoms in total. The SMILES string of the molecule is C=C(/C=N\C=C(\C)N)C(C)C. The summed E-state index contributed by atoms with van der Waals surface area (Å²) in [6.45, 7) is 9.79. The van der Waals surface area contributed by atoms with Crippen LogP contribution in [-0.2, 0) is 0 Å². The Hall–Kier alpha value is -1.05. The predicted octanol–water partition coefficient (Wildman–Crippen LogP) is 2.09.